The molecule has 0 spiro atoms. The molecule has 0 aliphatic heterocycles. The van der Waals surface area contributed by atoms with Crippen molar-refractivity contribution in [1.29, 1.82) is 0 Å². The highest BCUT2D eigenvalue weighted by Crippen LogP contribution is 2.40. The van der Waals surface area contributed by atoms with Gasteiger partial charge in [0.25, 0.3) is 0 Å². The summed E-state index contributed by atoms with van der Waals surface area (Å²) in [6.07, 6.45) is 4.51. The Morgan fingerprint density at radius 1 is 1.41 bits per heavy atom. The number of nitrogens with zero attached hydrogens (tertiary/aromatic N) is 2. The van der Waals surface area contributed by atoms with Crippen molar-refractivity contribution >= 4 is 5.95 Å². The fourth-order valence-electron chi connectivity index (χ4n) is 1.88. The standard InChI is InChI=1S/C13H22N4/c1-9(2)6-15-7-11-8-16-13(14-3)17-12(11)10-4-5-10/h8-10,15H,4-7H2,1-3H3,(H,14,16,17). The smallest absolute Gasteiger partial charge is 0.222 e. The molecule has 0 unspecified atom stereocenters. The summed E-state index contributed by atoms with van der Waals surface area (Å²) in [5.74, 6) is 2.08. The van der Waals surface area contributed by atoms with Gasteiger partial charge in [0, 0.05) is 31.3 Å². The van der Waals surface area contributed by atoms with Crippen molar-refractivity contribution in [2.45, 2.75) is 39.2 Å². The summed E-state index contributed by atoms with van der Waals surface area (Å²) < 4.78 is 0. The van der Waals surface area contributed by atoms with Crippen LogP contribution in [0, 0.1) is 5.92 Å². The Morgan fingerprint density at radius 2 is 2.18 bits per heavy atom. The first kappa shape index (κ1) is 12.3. The van der Waals surface area contributed by atoms with Gasteiger partial charge in [-0.3, -0.25) is 0 Å². The van der Waals surface area contributed by atoms with Gasteiger partial charge in [-0.2, -0.15) is 0 Å². The highest BCUT2D eigenvalue weighted by atomic mass is 15.1. The number of aromatic nitrogens is 2. The average molecular weight is 234 g/mol. The minimum atomic E-state index is 0.668. The van der Waals surface area contributed by atoms with Gasteiger partial charge in [-0.05, 0) is 25.3 Å². The van der Waals surface area contributed by atoms with E-state index in [1.165, 1.54) is 24.1 Å². The van der Waals surface area contributed by atoms with Crippen LogP contribution in [0.2, 0.25) is 0 Å². The molecular formula is C13H22N4. The molecule has 17 heavy (non-hydrogen) atoms. The van der Waals surface area contributed by atoms with E-state index in [9.17, 15) is 0 Å². The summed E-state index contributed by atoms with van der Waals surface area (Å²) in [5.41, 5.74) is 2.49. The molecule has 2 rings (SSSR count). The molecule has 1 aliphatic rings. The Balaban J connectivity index is 2.04. The van der Waals surface area contributed by atoms with Crippen molar-refractivity contribution in [2.75, 3.05) is 18.9 Å². The highest BCUT2D eigenvalue weighted by Gasteiger charge is 2.28. The van der Waals surface area contributed by atoms with E-state index in [2.05, 4.69) is 34.4 Å². The van der Waals surface area contributed by atoms with E-state index < -0.39 is 0 Å². The van der Waals surface area contributed by atoms with Crippen LogP contribution in [0.5, 0.6) is 0 Å². The Morgan fingerprint density at radius 3 is 2.76 bits per heavy atom. The van der Waals surface area contributed by atoms with Gasteiger partial charge in [-0.15, -0.1) is 0 Å². The van der Waals surface area contributed by atoms with Gasteiger partial charge in [0.1, 0.15) is 0 Å². The van der Waals surface area contributed by atoms with E-state index in [0.717, 1.165) is 19.0 Å². The number of anilines is 1. The van der Waals surface area contributed by atoms with Crippen LogP contribution in [0.4, 0.5) is 5.95 Å². The number of rotatable bonds is 6. The van der Waals surface area contributed by atoms with E-state index in [4.69, 9.17) is 0 Å². The highest BCUT2D eigenvalue weighted by molar-refractivity contribution is 5.32. The molecule has 1 heterocycles. The third kappa shape index (κ3) is 3.40. The molecule has 0 saturated heterocycles. The van der Waals surface area contributed by atoms with Crippen molar-refractivity contribution in [3.05, 3.63) is 17.5 Å². The maximum atomic E-state index is 4.59. The Hall–Kier alpha value is -1.16. The van der Waals surface area contributed by atoms with Gasteiger partial charge < -0.3 is 10.6 Å². The molecule has 4 heteroatoms. The normalized spacial score (nSPS) is 15.3. The molecule has 1 fully saturated rings. The predicted octanol–water partition coefficient (Wildman–Crippen LogP) is 2.14. The van der Waals surface area contributed by atoms with E-state index in [0.29, 0.717) is 11.8 Å². The molecule has 0 atom stereocenters. The summed E-state index contributed by atoms with van der Waals surface area (Å²) in [5, 5.41) is 6.47. The largest absolute Gasteiger partial charge is 0.357 e. The van der Waals surface area contributed by atoms with E-state index in [1.807, 2.05) is 13.2 Å². The van der Waals surface area contributed by atoms with Crippen LogP contribution in [0.1, 0.15) is 43.9 Å². The minimum absolute atomic E-state index is 0.668. The maximum Gasteiger partial charge on any atom is 0.222 e. The summed E-state index contributed by atoms with van der Waals surface area (Å²) >= 11 is 0. The first-order valence-electron chi connectivity index (χ1n) is 6.45. The molecule has 0 radical (unpaired) electrons. The summed E-state index contributed by atoms with van der Waals surface area (Å²) in [6.45, 7) is 6.36. The van der Waals surface area contributed by atoms with Gasteiger partial charge in [-0.25, -0.2) is 9.97 Å². The van der Waals surface area contributed by atoms with E-state index in [1.54, 1.807) is 0 Å². The molecule has 1 aromatic heterocycles. The van der Waals surface area contributed by atoms with Crippen LogP contribution >= 0.6 is 0 Å². The molecule has 4 nitrogen and oxygen atoms in total. The summed E-state index contributed by atoms with van der Waals surface area (Å²) in [4.78, 5) is 8.89. The topological polar surface area (TPSA) is 49.8 Å². The zero-order chi connectivity index (χ0) is 12.3. The number of nitrogens with one attached hydrogen (secondary N) is 2. The van der Waals surface area contributed by atoms with Crippen LogP contribution < -0.4 is 10.6 Å². The fraction of sp³-hybridized carbons (Fsp3) is 0.692. The predicted molar refractivity (Wildman–Crippen MR) is 70.1 cm³/mol. The zero-order valence-electron chi connectivity index (χ0n) is 11.0. The van der Waals surface area contributed by atoms with Crippen LogP contribution in [-0.4, -0.2) is 23.6 Å². The van der Waals surface area contributed by atoms with Crippen LogP contribution in [0.3, 0.4) is 0 Å². The van der Waals surface area contributed by atoms with E-state index >= 15 is 0 Å². The number of hydrogen-bond acceptors (Lipinski definition) is 4. The zero-order valence-corrected chi connectivity index (χ0v) is 11.0. The molecule has 0 bridgehead atoms. The van der Waals surface area contributed by atoms with Crippen molar-refractivity contribution in [3.8, 4) is 0 Å². The third-order valence-electron chi connectivity index (χ3n) is 2.95. The number of hydrogen-bond donors (Lipinski definition) is 2. The Labute approximate surface area is 103 Å². The van der Waals surface area contributed by atoms with Crippen LogP contribution in [-0.2, 0) is 6.54 Å². The molecule has 0 aromatic carbocycles. The lowest BCUT2D eigenvalue weighted by Gasteiger charge is -2.11. The Kier molecular flexibility index (Phi) is 3.94. The monoisotopic (exact) mass is 234 g/mol. The van der Waals surface area contributed by atoms with Gasteiger partial charge in [0.15, 0.2) is 0 Å². The average Bonchev–Trinajstić information content (AvgIpc) is 3.13. The van der Waals surface area contributed by atoms with Crippen LogP contribution in [0.15, 0.2) is 6.20 Å². The van der Waals surface area contributed by atoms with Crippen molar-refractivity contribution in [3.63, 3.8) is 0 Å². The lowest BCUT2D eigenvalue weighted by molar-refractivity contribution is 0.549. The lowest BCUT2D eigenvalue weighted by Crippen LogP contribution is -2.20. The Bertz CT molecular complexity index is 372. The molecule has 1 aromatic rings. The van der Waals surface area contributed by atoms with Crippen molar-refractivity contribution in [2.24, 2.45) is 5.92 Å². The second-order valence-electron chi connectivity index (χ2n) is 5.15. The minimum Gasteiger partial charge on any atom is -0.357 e. The molecule has 2 N–H and O–H groups in total. The summed E-state index contributed by atoms with van der Waals surface area (Å²) in [7, 11) is 1.86. The molecule has 0 amide bonds. The first-order valence-corrected chi connectivity index (χ1v) is 6.45. The van der Waals surface area contributed by atoms with E-state index in [-0.39, 0.29) is 0 Å². The second-order valence-corrected chi connectivity index (χ2v) is 5.15. The fourth-order valence-corrected chi connectivity index (χ4v) is 1.88. The molecular weight excluding hydrogens is 212 g/mol. The SMILES string of the molecule is CNc1ncc(CNCC(C)C)c(C2CC2)n1. The third-order valence-corrected chi connectivity index (χ3v) is 2.95. The lowest BCUT2D eigenvalue weighted by atomic mass is 10.1. The van der Waals surface area contributed by atoms with Crippen LogP contribution in [0.25, 0.3) is 0 Å². The van der Waals surface area contributed by atoms with Gasteiger partial charge in [-0.1, -0.05) is 13.8 Å². The van der Waals surface area contributed by atoms with Gasteiger partial charge >= 0.3 is 0 Å². The molecule has 94 valence electrons. The van der Waals surface area contributed by atoms with Crippen molar-refractivity contribution in [1.82, 2.24) is 15.3 Å². The summed E-state index contributed by atoms with van der Waals surface area (Å²) in [6, 6.07) is 0. The van der Waals surface area contributed by atoms with Gasteiger partial charge in [0.05, 0.1) is 5.69 Å². The first-order chi connectivity index (χ1) is 8.20. The molecule has 1 aliphatic carbocycles. The van der Waals surface area contributed by atoms with Crippen molar-refractivity contribution < 1.29 is 0 Å². The second kappa shape index (κ2) is 5.45. The maximum absolute atomic E-state index is 4.59. The molecule has 1 saturated carbocycles. The quantitative estimate of drug-likeness (QED) is 0.792. The van der Waals surface area contributed by atoms with Gasteiger partial charge in [0.2, 0.25) is 5.95 Å².